The molecule has 0 unspecified atom stereocenters. The Hall–Kier alpha value is -2.17. The van der Waals surface area contributed by atoms with Crippen molar-refractivity contribution in [2.45, 2.75) is 11.3 Å². The number of hydrogen-bond acceptors (Lipinski definition) is 5. The monoisotopic (exact) mass is 471 g/mol. The number of nitrogens with one attached hydrogen (secondary N) is 2. The molecule has 2 N–H and O–H groups in total. The summed E-state index contributed by atoms with van der Waals surface area (Å²) < 4.78 is 32.0. The number of amides is 2. The molecule has 8 nitrogen and oxygen atoms in total. The van der Waals surface area contributed by atoms with Crippen LogP contribution >= 0.6 is 23.2 Å². The summed E-state index contributed by atoms with van der Waals surface area (Å²) >= 11 is 11.8. The van der Waals surface area contributed by atoms with Gasteiger partial charge in [0.05, 0.1) is 34.6 Å². The van der Waals surface area contributed by atoms with Gasteiger partial charge in [0, 0.05) is 18.7 Å². The van der Waals surface area contributed by atoms with E-state index in [1.807, 2.05) is 0 Å². The summed E-state index contributed by atoms with van der Waals surface area (Å²) in [5.74, 6) is -1.12. The van der Waals surface area contributed by atoms with E-state index in [0.29, 0.717) is 28.8 Å². The minimum absolute atomic E-state index is 0.000757. The van der Waals surface area contributed by atoms with Crippen LogP contribution < -0.4 is 10.9 Å². The molecular formula is C19H19Cl2N3O5S. The van der Waals surface area contributed by atoms with E-state index in [-0.39, 0.29) is 30.0 Å². The first-order chi connectivity index (χ1) is 14.3. The van der Waals surface area contributed by atoms with E-state index in [0.717, 1.165) is 0 Å². The van der Waals surface area contributed by atoms with Crippen molar-refractivity contribution in [3.05, 3.63) is 63.6 Å². The zero-order valence-electron chi connectivity index (χ0n) is 15.7. The molecule has 2 aromatic rings. The van der Waals surface area contributed by atoms with Crippen LogP contribution in [0, 0.1) is 0 Å². The van der Waals surface area contributed by atoms with Gasteiger partial charge in [-0.05, 0) is 35.9 Å². The van der Waals surface area contributed by atoms with Gasteiger partial charge in [-0.1, -0.05) is 35.3 Å². The molecule has 3 rings (SSSR count). The number of carbonyl (C=O) groups excluding carboxylic acids is 2. The number of halogens is 2. The third-order valence-electron chi connectivity index (χ3n) is 4.37. The SMILES string of the molecule is O=C(Cc1ccc(Cl)c(Cl)c1)NNC(=O)c1cccc(S(=O)(=O)N2CCOCC2)c1. The Morgan fingerprint density at radius 3 is 2.43 bits per heavy atom. The molecule has 30 heavy (non-hydrogen) atoms. The maximum atomic E-state index is 12.7. The van der Waals surface area contributed by atoms with Crippen molar-refractivity contribution < 1.29 is 22.7 Å². The van der Waals surface area contributed by atoms with Crippen molar-refractivity contribution in [2.24, 2.45) is 0 Å². The molecule has 1 fully saturated rings. The second-order valence-corrected chi connectivity index (χ2v) is 9.22. The van der Waals surface area contributed by atoms with Crippen LogP contribution in [0.2, 0.25) is 10.0 Å². The quantitative estimate of drug-likeness (QED) is 0.648. The number of morpholine rings is 1. The molecule has 0 aromatic heterocycles. The van der Waals surface area contributed by atoms with Gasteiger partial charge in [0.1, 0.15) is 0 Å². The number of carbonyl (C=O) groups is 2. The summed E-state index contributed by atoms with van der Waals surface area (Å²) in [6.07, 6.45) is -0.0252. The Labute approximate surface area is 184 Å². The van der Waals surface area contributed by atoms with Crippen molar-refractivity contribution in [3.8, 4) is 0 Å². The predicted octanol–water partition coefficient (Wildman–Crippen LogP) is 2.02. The third kappa shape index (κ3) is 5.50. The molecule has 0 spiro atoms. The summed E-state index contributed by atoms with van der Waals surface area (Å²) in [6, 6.07) is 10.4. The first-order valence-corrected chi connectivity index (χ1v) is 11.2. The highest BCUT2D eigenvalue weighted by Gasteiger charge is 2.26. The van der Waals surface area contributed by atoms with Crippen molar-refractivity contribution in [3.63, 3.8) is 0 Å². The normalized spacial score (nSPS) is 14.9. The van der Waals surface area contributed by atoms with Gasteiger partial charge < -0.3 is 4.74 Å². The van der Waals surface area contributed by atoms with Gasteiger partial charge in [0.25, 0.3) is 5.91 Å². The van der Waals surface area contributed by atoms with E-state index in [2.05, 4.69) is 10.9 Å². The minimum atomic E-state index is -3.73. The molecule has 0 atom stereocenters. The van der Waals surface area contributed by atoms with Gasteiger partial charge in [-0.3, -0.25) is 20.4 Å². The average molecular weight is 472 g/mol. The van der Waals surface area contributed by atoms with Crippen molar-refractivity contribution in [2.75, 3.05) is 26.3 Å². The van der Waals surface area contributed by atoms with E-state index < -0.39 is 21.8 Å². The van der Waals surface area contributed by atoms with E-state index >= 15 is 0 Å². The minimum Gasteiger partial charge on any atom is -0.379 e. The Morgan fingerprint density at radius 2 is 1.73 bits per heavy atom. The average Bonchev–Trinajstić information content (AvgIpc) is 2.75. The largest absolute Gasteiger partial charge is 0.379 e. The molecule has 160 valence electrons. The second-order valence-electron chi connectivity index (χ2n) is 6.47. The fraction of sp³-hybridized carbons (Fsp3) is 0.263. The summed E-state index contributed by atoms with van der Waals surface area (Å²) in [5, 5.41) is 0.699. The smallest absolute Gasteiger partial charge is 0.269 e. The van der Waals surface area contributed by atoms with E-state index in [1.54, 1.807) is 18.2 Å². The second kappa shape index (κ2) is 9.76. The first kappa shape index (κ1) is 22.5. The van der Waals surface area contributed by atoms with E-state index in [9.17, 15) is 18.0 Å². The molecule has 0 radical (unpaired) electrons. The zero-order valence-corrected chi connectivity index (χ0v) is 18.1. The molecule has 0 saturated carbocycles. The zero-order chi connectivity index (χ0) is 21.7. The van der Waals surface area contributed by atoms with Crippen LogP contribution in [0.15, 0.2) is 47.4 Å². The fourth-order valence-electron chi connectivity index (χ4n) is 2.81. The molecule has 2 amide bonds. The molecule has 1 aliphatic heterocycles. The summed E-state index contributed by atoms with van der Waals surface area (Å²) in [6.45, 7) is 1.15. The van der Waals surface area contributed by atoms with Gasteiger partial charge in [-0.15, -0.1) is 0 Å². The maximum Gasteiger partial charge on any atom is 0.269 e. The third-order valence-corrected chi connectivity index (χ3v) is 7.00. The van der Waals surface area contributed by atoms with Crippen molar-refractivity contribution >= 4 is 45.0 Å². The van der Waals surface area contributed by atoms with E-state index in [1.165, 1.54) is 28.6 Å². The number of nitrogens with zero attached hydrogens (tertiary/aromatic N) is 1. The van der Waals surface area contributed by atoms with Crippen LogP contribution in [0.1, 0.15) is 15.9 Å². The molecule has 1 aliphatic rings. The predicted molar refractivity (Wildman–Crippen MR) is 112 cm³/mol. The maximum absolute atomic E-state index is 12.7. The molecule has 1 heterocycles. The van der Waals surface area contributed by atoms with Gasteiger partial charge >= 0.3 is 0 Å². The molecular weight excluding hydrogens is 453 g/mol. The van der Waals surface area contributed by atoms with Gasteiger partial charge in [0.2, 0.25) is 15.9 Å². The van der Waals surface area contributed by atoms with Crippen LogP contribution in [0.25, 0.3) is 0 Å². The highest BCUT2D eigenvalue weighted by Crippen LogP contribution is 2.22. The number of ether oxygens (including phenoxy) is 1. The molecule has 2 aromatic carbocycles. The van der Waals surface area contributed by atoms with Gasteiger partial charge in [-0.2, -0.15) is 4.31 Å². The lowest BCUT2D eigenvalue weighted by molar-refractivity contribution is -0.121. The lowest BCUT2D eigenvalue weighted by Crippen LogP contribution is -2.42. The lowest BCUT2D eigenvalue weighted by Gasteiger charge is -2.26. The van der Waals surface area contributed by atoms with Gasteiger partial charge in [-0.25, -0.2) is 8.42 Å². The number of rotatable bonds is 5. The Morgan fingerprint density at radius 1 is 1.00 bits per heavy atom. The number of hydrogen-bond donors (Lipinski definition) is 2. The van der Waals surface area contributed by atoms with Crippen LogP contribution in [-0.4, -0.2) is 50.8 Å². The van der Waals surface area contributed by atoms with Gasteiger partial charge in [0.15, 0.2) is 0 Å². The topological polar surface area (TPSA) is 105 Å². The van der Waals surface area contributed by atoms with E-state index in [4.69, 9.17) is 27.9 Å². The van der Waals surface area contributed by atoms with Crippen molar-refractivity contribution in [1.29, 1.82) is 0 Å². The Kier molecular flexibility index (Phi) is 7.32. The van der Waals surface area contributed by atoms with Crippen LogP contribution in [0.3, 0.4) is 0 Å². The van der Waals surface area contributed by atoms with Crippen LogP contribution in [0.5, 0.6) is 0 Å². The number of benzene rings is 2. The number of hydrazine groups is 1. The fourth-order valence-corrected chi connectivity index (χ4v) is 4.59. The highest BCUT2D eigenvalue weighted by atomic mass is 35.5. The number of sulfonamides is 1. The van der Waals surface area contributed by atoms with Crippen LogP contribution in [0.4, 0.5) is 0 Å². The lowest BCUT2D eigenvalue weighted by atomic mass is 10.1. The molecule has 0 bridgehead atoms. The van der Waals surface area contributed by atoms with Crippen LogP contribution in [-0.2, 0) is 26.0 Å². The first-order valence-electron chi connectivity index (χ1n) is 8.98. The van der Waals surface area contributed by atoms with Crippen molar-refractivity contribution in [1.82, 2.24) is 15.2 Å². The molecule has 1 saturated heterocycles. The Balaban J connectivity index is 1.62. The summed E-state index contributed by atoms with van der Waals surface area (Å²) in [5.41, 5.74) is 5.29. The molecule has 0 aliphatic carbocycles. The standard InChI is InChI=1S/C19H19Cl2N3O5S/c20-16-5-4-13(10-17(16)21)11-18(25)22-23-19(26)14-2-1-3-15(12-14)30(27,28)24-6-8-29-9-7-24/h1-5,10,12H,6-9,11H2,(H,22,25)(H,23,26). The Bertz CT molecular complexity index is 1060. The summed E-state index contributed by atoms with van der Waals surface area (Å²) in [4.78, 5) is 24.4. The highest BCUT2D eigenvalue weighted by molar-refractivity contribution is 7.89. The summed E-state index contributed by atoms with van der Waals surface area (Å²) in [7, 11) is -3.73. The molecule has 11 heteroatoms.